The summed E-state index contributed by atoms with van der Waals surface area (Å²) in [6.45, 7) is 0.730. The van der Waals surface area contributed by atoms with Crippen LogP contribution in [0.5, 0.6) is 5.75 Å². The first-order valence-electron chi connectivity index (χ1n) is 6.36. The molecule has 0 saturated carbocycles. The molecule has 1 aliphatic rings. The van der Waals surface area contributed by atoms with Gasteiger partial charge in [0.2, 0.25) is 0 Å². The van der Waals surface area contributed by atoms with Crippen molar-refractivity contribution in [1.29, 1.82) is 0 Å². The molecule has 1 aliphatic heterocycles. The maximum absolute atomic E-state index is 6.04. The van der Waals surface area contributed by atoms with Crippen LogP contribution in [0.4, 0.5) is 5.69 Å². The van der Waals surface area contributed by atoms with Gasteiger partial charge in [0.1, 0.15) is 5.75 Å². The summed E-state index contributed by atoms with van der Waals surface area (Å²) in [4.78, 5) is 0. The first-order valence-corrected chi connectivity index (χ1v) is 6.36. The van der Waals surface area contributed by atoms with E-state index >= 15 is 0 Å². The first kappa shape index (κ1) is 12.0. The van der Waals surface area contributed by atoms with Crippen molar-refractivity contribution in [3.05, 3.63) is 59.2 Å². The van der Waals surface area contributed by atoms with Gasteiger partial charge in [0.05, 0.1) is 12.6 Å². The Bertz CT molecular complexity index is 598. The summed E-state index contributed by atoms with van der Waals surface area (Å²) in [5.74, 6) is 6.68. The molecule has 1 unspecified atom stereocenters. The fraction of sp³-hybridized carbons (Fsp3) is 0.200. The van der Waals surface area contributed by atoms with E-state index in [9.17, 15) is 0 Å². The van der Waals surface area contributed by atoms with Crippen molar-refractivity contribution in [3.8, 4) is 5.75 Å². The third kappa shape index (κ3) is 2.05. The summed E-state index contributed by atoms with van der Waals surface area (Å²) < 4.78 is 5.74. The van der Waals surface area contributed by atoms with Crippen molar-refractivity contribution < 1.29 is 4.74 Å². The molecule has 0 amide bonds. The van der Waals surface area contributed by atoms with Gasteiger partial charge in [0, 0.05) is 17.7 Å². The quantitative estimate of drug-likeness (QED) is 0.444. The molecule has 5 N–H and O–H groups in total. The number of nitrogen functional groups attached to an aromatic ring is 1. The number of fused-ring (bicyclic) bond motifs is 1. The minimum atomic E-state index is -0.158. The highest BCUT2D eigenvalue weighted by Gasteiger charge is 2.23. The van der Waals surface area contributed by atoms with Gasteiger partial charge in [0.15, 0.2) is 0 Å². The molecule has 2 aromatic rings. The zero-order valence-electron chi connectivity index (χ0n) is 10.6. The molecule has 0 spiro atoms. The van der Waals surface area contributed by atoms with E-state index < -0.39 is 0 Å². The number of nitrogens with two attached hydrogens (primary N) is 2. The van der Waals surface area contributed by atoms with Crippen LogP contribution in [0.1, 0.15) is 22.7 Å². The Kier molecular flexibility index (Phi) is 3.11. The Morgan fingerprint density at radius 1 is 1.05 bits per heavy atom. The molecule has 19 heavy (non-hydrogen) atoms. The largest absolute Gasteiger partial charge is 0.493 e. The van der Waals surface area contributed by atoms with Crippen LogP contribution < -0.4 is 21.7 Å². The number of benzene rings is 2. The van der Waals surface area contributed by atoms with Gasteiger partial charge in [-0.1, -0.05) is 36.4 Å². The Balaban J connectivity index is 2.09. The van der Waals surface area contributed by atoms with Crippen LogP contribution >= 0.6 is 0 Å². The predicted molar refractivity (Wildman–Crippen MR) is 75.7 cm³/mol. The average molecular weight is 255 g/mol. The van der Waals surface area contributed by atoms with Crippen LogP contribution in [0, 0.1) is 0 Å². The molecular formula is C15H17N3O. The number of para-hydroxylation sites is 2. The summed E-state index contributed by atoms with van der Waals surface area (Å²) >= 11 is 0. The number of hydrazine groups is 1. The van der Waals surface area contributed by atoms with Gasteiger partial charge >= 0.3 is 0 Å². The molecule has 0 saturated heterocycles. The van der Waals surface area contributed by atoms with Gasteiger partial charge in [-0.2, -0.15) is 0 Å². The number of rotatable bonds is 3. The Labute approximate surface area is 112 Å². The predicted octanol–water partition coefficient (Wildman–Crippen LogP) is 1.76. The van der Waals surface area contributed by atoms with E-state index in [1.54, 1.807) is 0 Å². The van der Waals surface area contributed by atoms with Crippen molar-refractivity contribution in [2.75, 3.05) is 12.3 Å². The van der Waals surface area contributed by atoms with Crippen molar-refractivity contribution in [1.82, 2.24) is 5.43 Å². The number of hydrogen-bond donors (Lipinski definition) is 3. The van der Waals surface area contributed by atoms with Gasteiger partial charge < -0.3 is 10.5 Å². The van der Waals surface area contributed by atoms with Crippen molar-refractivity contribution in [3.63, 3.8) is 0 Å². The Morgan fingerprint density at radius 3 is 2.63 bits per heavy atom. The summed E-state index contributed by atoms with van der Waals surface area (Å²) in [6.07, 6.45) is 0.949. The van der Waals surface area contributed by atoms with Crippen LogP contribution in [0.25, 0.3) is 0 Å². The highest BCUT2D eigenvalue weighted by Crippen LogP contribution is 2.37. The smallest absolute Gasteiger partial charge is 0.127 e. The lowest BCUT2D eigenvalue weighted by molar-refractivity contribution is 0.350. The normalized spacial score (nSPS) is 14.8. The molecule has 2 aromatic carbocycles. The second kappa shape index (κ2) is 4.91. The lowest BCUT2D eigenvalue weighted by atomic mass is 9.95. The van der Waals surface area contributed by atoms with Crippen molar-refractivity contribution in [2.45, 2.75) is 12.5 Å². The molecule has 3 rings (SSSR count). The van der Waals surface area contributed by atoms with E-state index in [1.807, 2.05) is 36.4 Å². The second-order valence-corrected chi connectivity index (χ2v) is 4.66. The van der Waals surface area contributed by atoms with Gasteiger partial charge in [0.25, 0.3) is 0 Å². The first-order chi connectivity index (χ1) is 9.31. The minimum Gasteiger partial charge on any atom is -0.493 e. The molecular weight excluding hydrogens is 238 g/mol. The molecule has 4 nitrogen and oxygen atoms in total. The fourth-order valence-electron chi connectivity index (χ4n) is 2.59. The maximum Gasteiger partial charge on any atom is 0.127 e. The van der Waals surface area contributed by atoms with Crippen LogP contribution in [0.2, 0.25) is 0 Å². The molecule has 0 radical (unpaired) electrons. The van der Waals surface area contributed by atoms with Crippen molar-refractivity contribution >= 4 is 5.69 Å². The molecule has 0 aromatic heterocycles. The summed E-state index contributed by atoms with van der Waals surface area (Å²) in [5.41, 5.74) is 12.8. The molecule has 4 heteroatoms. The molecule has 1 atom stereocenters. The van der Waals surface area contributed by atoms with E-state index in [0.717, 1.165) is 35.6 Å². The van der Waals surface area contributed by atoms with E-state index in [-0.39, 0.29) is 6.04 Å². The number of ether oxygens (including phenoxy) is 1. The topological polar surface area (TPSA) is 73.3 Å². The maximum atomic E-state index is 6.04. The van der Waals surface area contributed by atoms with Crippen LogP contribution in [0.15, 0.2) is 42.5 Å². The average Bonchev–Trinajstić information content (AvgIpc) is 2.91. The van der Waals surface area contributed by atoms with E-state index in [2.05, 4.69) is 11.5 Å². The van der Waals surface area contributed by atoms with Gasteiger partial charge in [-0.15, -0.1) is 0 Å². The Hall–Kier alpha value is -2.04. The van der Waals surface area contributed by atoms with Crippen LogP contribution in [0.3, 0.4) is 0 Å². The standard InChI is InChI=1S/C15H17N3O/c16-13-7-2-1-5-11(13)14(18-17)12-6-3-4-10-8-9-19-15(10)12/h1-7,14,18H,8-9,16-17H2. The summed E-state index contributed by atoms with van der Waals surface area (Å²) in [6, 6.07) is 13.7. The highest BCUT2D eigenvalue weighted by atomic mass is 16.5. The lowest BCUT2D eigenvalue weighted by Crippen LogP contribution is -2.29. The number of anilines is 1. The van der Waals surface area contributed by atoms with Gasteiger partial charge in [-0.3, -0.25) is 5.84 Å². The van der Waals surface area contributed by atoms with Crippen molar-refractivity contribution in [2.24, 2.45) is 5.84 Å². The van der Waals surface area contributed by atoms with Crippen LogP contribution in [-0.4, -0.2) is 6.61 Å². The SMILES string of the molecule is NNC(c1ccccc1N)c1cccc2c1OCC2. The summed E-state index contributed by atoms with van der Waals surface area (Å²) in [5, 5.41) is 0. The summed E-state index contributed by atoms with van der Waals surface area (Å²) in [7, 11) is 0. The van der Waals surface area contributed by atoms with Crippen LogP contribution in [-0.2, 0) is 6.42 Å². The number of hydrogen-bond acceptors (Lipinski definition) is 4. The van der Waals surface area contributed by atoms with Gasteiger partial charge in [-0.25, -0.2) is 5.43 Å². The van der Waals surface area contributed by atoms with E-state index in [1.165, 1.54) is 5.56 Å². The van der Waals surface area contributed by atoms with E-state index in [4.69, 9.17) is 16.3 Å². The fourth-order valence-corrected chi connectivity index (χ4v) is 2.59. The molecule has 0 bridgehead atoms. The highest BCUT2D eigenvalue weighted by molar-refractivity contribution is 5.55. The molecule has 1 heterocycles. The molecule has 0 fully saturated rings. The Morgan fingerprint density at radius 2 is 1.84 bits per heavy atom. The zero-order valence-corrected chi connectivity index (χ0v) is 10.6. The van der Waals surface area contributed by atoms with Gasteiger partial charge in [-0.05, 0) is 17.2 Å². The monoisotopic (exact) mass is 255 g/mol. The minimum absolute atomic E-state index is 0.158. The molecule has 0 aliphatic carbocycles. The zero-order chi connectivity index (χ0) is 13.2. The third-order valence-corrected chi connectivity index (χ3v) is 3.53. The number of nitrogens with one attached hydrogen (secondary N) is 1. The third-order valence-electron chi connectivity index (χ3n) is 3.53. The lowest BCUT2D eigenvalue weighted by Gasteiger charge is -2.20. The molecule has 98 valence electrons. The second-order valence-electron chi connectivity index (χ2n) is 4.66. The van der Waals surface area contributed by atoms with E-state index in [0.29, 0.717) is 0 Å².